The van der Waals surface area contributed by atoms with Gasteiger partial charge in [-0.15, -0.1) is 0 Å². The first-order valence-electron chi connectivity index (χ1n) is 4.25. The molecular formula is C10H10N2. The molecule has 0 N–H and O–H groups in total. The van der Waals surface area contributed by atoms with E-state index in [-0.39, 0.29) is 0 Å². The van der Waals surface area contributed by atoms with Crippen LogP contribution in [0.2, 0.25) is 0 Å². The van der Waals surface area contributed by atoms with Gasteiger partial charge in [0, 0.05) is 24.5 Å². The van der Waals surface area contributed by atoms with E-state index in [4.69, 9.17) is 0 Å². The predicted molar refractivity (Wildman–Crippen MR) is 47.6 cm³/mol. The first-order chi connectivity index (χ1) is 5.95. The van der Waals surface area contributed by atoms with Crippen LogP contribution in [0.25, 0.3) is 0 Å². The van der Waals surface area contributed by atoms with Gasteiger partial charge in [-0.1, -0.05) is 12.2 Å². The van der Waals surface area contributed by atoms with E-state index < -0.39 is 0 Å². The van der Waals surface area contributed by atoms with Crippen LogP contribution in [0, 0.1) is 0 Å². The number of fused-ring (bicyclic) bond motifs is 5. The summed E-state index contributed by atoms with van der Waals surface area (Å²) in [6, 6.07) is 0.547. The van der Waals surface area contributed by atoms with Gasteiger partial charge in [0.25, 0.3) is 0 Å². The van der Waals surface area contributed by atoms with Crippen molar-refractivity contribution in [3.63, 3.8) is 0 Å². The third kappa shape index (κ3) is 0.644. The lowest BCUT2D eigenvalue weighted by atomic mass is 10.1. The van der Waals surface area contributed by atoms with Crippen LogP contribution >= 0.6 is 0 Å². The van der Waals surface area contributed by atoms with Gasteiger partial charge in [0.05, 0.1) is 6.04 Å². The topological polar surface area (TPSA) is 6.48 Å². The van der Waals surface area contributed by atoms with E-state index in [0.717, 1.165) is 6.42 Å². The van der Waals surface area contributed by atoms with E-state index in [1.165, 1.54) is 5.70 Å². The summed E-state index contributed by atoms with van der Waals surface area (Å²) in [5.74, 6) is 0. The molecule has 0 radical (unpaired) electrons. The molecular weight excluding hydrogens is 148 g/mol. The summed E-state index contributed by atoms with van der Waals surface area (Å²) in [5, 5.41) is 4.47. The fourth-order valence-corrected chi connectivity index (χ4v) is 1.93. The maximum Gasteiger partial charge on any atom is 0.0741 e. The lowest BCUT2D eigenvalue weighted by Crippen LogP contribution is -2.32. The molecule has 2 heterocycles. The predicted octanol–water partition coefficient (Wildman–Crippen LogP) is 1.77. The van der Waals surface area contributed by atoms with Crippen LogP contribution in [-0.4, -0.2) is 16.1 Å². The van der Waals surface area contributed by atoms with Crippen molar-refractivity contribution < 1.29 is 0 Å². The fraction of sp³-hybridized carbons (Fsp3) is 0.200. The lowest BCUT2D eigenvalue weighted by molar-refractivity contribution is 0.141. The van der Waals surface area contributed by atoms with E-state index >= 15 is 0 Å². The Morgan fingerprint density at radius 1 is 1.17 bits per heavy atom. The summed E-state index contributed by atoms with van der Waals surface area (Å²) < 4.78 is 0. The number of nitrogens with zero attached hydrogens (tertiary/aromatic N) is 2. The van der Waals surface area contributed by atoms with Crippen molar-refractivity contribution in [2.24, 2.45) is 0 Å². The molecule has 1 saturated heterocycles. The number of hydrazine groups is 1. The van der Waals surface area contributed by atoms with Crippen molar-refractivity contribution >= 4 is 0 Å². The Morgan fingerprint density at radius 2 is 2.08 bits per heavy atom. The van der Waals surface area contributed by atoms with Gasteiger partial charge in [0.15, 0.2) is 0 Å². The van der Waals surface area contributed by atoms with Crippen molar-refractivity contribution in [2.75, 3.05) is 0 Å². The summed E-state index contributed by atoms with van der Waals surface area (Å²) in [6.45, 7) is 0. The van der Waals surface area contributed by atoms with Crippen LogP contribution in [0.15, 0.2) is 48.5 Å². The van der Waals surface area contributed by atoms with Crippen LogP contribution in [0.3, 0.4) is 0 Å². The van der Waals surface area contributed by atoms with Gasteiger partial charge in [-0.25, -0.2) is 0 Å². The van der Waals surface area contributed by atoms with E-state index in [9.17, 15) is 0 Å². The molecule has 2 heteroatoms. The number of allylic oxidation sites excluding steroid dienone is 4. The second-order valence-corrected chi connectivity index (χ2v) is 3.22. The zero-order chi connectivity index (χ0) is 7.97. The highest BCUT2D eigenvalue weighted by molar-refractivity contribution is 5.30. The van der Waals surface area contributed by atoms with Crippen LogP contribution < -0.4 is 0 Å². The molecule has 2 nitrogen and oxygen atoms in total. The van der Waals surface area contributed by atoms with E-state index in [1.54, 1.807) is 0 Å². The number of rotatable bonds is 0. The Balaban J connectivity index is 2.08. The second kappa shape index (κ2) is 2.03. The molecule has 12 heavy (non-hydrogen) atoms. The number of hydrogen-bond donors (Lipinski definition) is 0. The fourth-order valence-electron chi connectivity index (χ4n) is 1.93. The third-order valence-corrected chi connectivity index (χ3v) is 2.50. The van der Waals surface area contributed by atoms with Crippen LogP contribution in [0.4, 0.5) is 0 Å². The second-order valence-electron chi connectivity index (χ2n) is 3.22. The lowest BCUT2D eigenvalue weighted by Gasteiger charge is -2.29. The molecule has 0 aromatic rings. The molecule has 1 atom stereocenters. The number of hydrogen-bond acceptors (Lipinski definition) is 2. The van der Waals surface area contributed by atoms with E-state index in [1.807, 2.05) is 0 Å². The average molecular weight is 158 g/mol. The van der Waals surface area contributed by atoms with Crippen molar-refractivity contribution in [3.05, 3.63) is 48.5 Å². The zero-order valence-electron chi connectivity index (χ0n) is 6.72. The smallest absolute Gasteiger partial charge is 0.0741 e. The summed E-state index contributed by atoms with van der Waals surface area (Å²) in [7, 11) is 0. The first kappa shape index (κ1) is 6.12. The molecule has 1 aliphatic carbocycles. The Morgan fingerprint density at radius 3 is 3.08 bits per heavy atom. The van der Waals surface area contributed by atoms with Gasteiger partial charge in [-0.3, -0.25) is 10.0 Å². The Labute approximate surface area is 71.7 Å². The van der Waals surface area contributed by atoms with Gasteiger partial charge in [0.2, 0.25) is 0 Å². The summed E-state index contributed by atoms with van der Waals surface area (Å²) in [4.78, 5) is 0. The van der Waals surface area contributed by atoms with E-state index in [2.05, 4.69) is 52.8 Å². The van der Waals surface area contributed by atoms with Gasteiger partial charge < -0.3 is 0 Å². The zero-order valence-corrected chi connectivity index (χ0v) is 6.72. The minimum atomic E-state index is 0.547. The monoisotopic (exact) mass is 158 g/mol. The Bertz CT molecular complexity index is 323. The molecule has 0 amide bonds. The van der Waals surface area contributed by atoms with Crippen molar-refractivity contribution in [1.29, 1.82) is 0 Å². The molecule has 1 unspecified atom stereocenters. The quantitative estimate of drug-likeness (QED) is 0.530. The van der Waals surface area contributed by atoms with E-state index in [0.29, 0.717) is 6.04 Å². The molecule has 1 fully saturated rings. The van der Waals surface area contributed by atoms with Crippen molar-refractivity contribution in [3.8, 4) is 0 Å². The molecule has 3 aliphatic rings. The molecule has 0 spiro atoms. The summed E-state index contributed by atoms with van der Waals surface area (Å²) >= 11 is 0. The molecule has 3 rings (SSSR count). The molecule has 60 valence electrons. The molecule has 2 aliphatic heterocycles. The highest BCUT2D eigenvalue weighted by Gasteiger charge is 2.31. The minimum Gasteiger partial charge on any atom is -0.282 e. The largest absolute Gasteiger partial charge is 0.282 e. The molecule has 0 saturated carbocycles. The maximum absolute atomic E-state index is 2.26. The average Bonchev–Trinajstić information content (AvgIpc) is 2.41. The Kier molecular flexibility index (Phi) is 1.04. The SMILES string of the molecule is C1=CC2CC(=C1)N1C=CC=CN21. The molecule has 2 bridgehead atoms. The van der Waals surface area contributed by atoms with Crippen molar-refractivity contribution in [1.82, 2.24) is 10.0 Å². The molecule has 0 aromatic carbocycles. The third-order valence-electron chi connectivity index (χ3n) is 2.50. The molecule has 0 aromatic heterocycles. The standard InChI is InChI=1S/C10H10N2/c1-2-7-12-10-5-3-4-9(8-10)11(12)6-1/h1-7,9H,8H2. The first-order valence-corrected chi connectivity index (χ1v) is 4.25. The van der Waals surface area contributed by atoms with Gasteiger partial charge in [-0.05, 0) is 18.2 Å². The summed E-state index contributed by atoms with van der Waals surface area (Å²) in [5.41, 5.74) is 1.39. The van der Waals surface area contributed by atoms with Crippen LogP contribution in [-0.2, 0) is 0 Å². The highest BCUT2D eigenvalue weighted by Crippen LogP contribution is 2.33. The van der Waals surface area contributed by atoms with Gasteiger partial charge >= 0.3 is 0 Å². The normalized spacial score (nSPS) is 29.3. The summed E-state index contributed by atoms with van der Waals surface area (Å²) in [6.07, 6.45) is 16.1. The Hall–Kier alpha value is -1.44. The maximum atomic E-state index is 2.26. The van der Waals surface area contributed by atoms with Crippen LogP contribution in [0.1, 0.15) is 6.42 Å². The van der Waals surface area contributed by atoms with Crippen molar-refractivity contribution in [2.45, 2.75) is 12.5 Å². The highest BCUT2D eigenvalue weighted by atomic mass is 15.7. The van der Waals surface area contributed by atoms with Gasteiger partial charge in [-0.2, -0.15) is 0 Å². The minimum absolute atomic E-state index is 0.547. The van der Waals surface area contributed by atoms with Gasteiger partial charge in [0.1, 0.15) is 0 Å². The van der Waals surface area contributed by atoms with Crippen LogP contribution in [0.5, 0.6) is 0 Å².